The van der Waals surface area contributed by atoms with E-state index < -0.39 is 12.0 Å². The van der Waals surface area contributed by atoms with Crippen molar-refractivity contribution in [1.29, 1.82) is 0 Å². The first-order valence-electron chi connectivity index (χ1n) is 6.35. The van der Waals surface area contributed by atoms with Crippen LogP contribution in [0.15, 0.2) is 0 Å². The van der Waals surface area contributed by atoms with Crippen LogP contribution in [0.2, 0.25) is 0 Å². The second-order valence-corrected chi connectivity index (χ2v) is 6.02. The number of carbonyl (C=O) groups is 2. The van der Waals surface area contributed by atoms with Crippen LogP contribution in [0.5, 0.6) is 0 Å². The average Bonchev–Trinajstić information content (AvgIpc) is 2.27. The van der Waals surface area contributed by atoms with Crippen LogP contribution < -0.4 is 10.6 Å². The lowest BCUT2D eigenvalue weighted by atomic mass is 9.84. The first-order chi connectivity index (χ1) is 8.53. The summed E-state index contributed by atoms with van der Waals surface area (Å²) in [5.74, 6) is -0.977. The molecule has 0 aromatic heterocycles. The lowest BCUT2D eigenvalue weighted by Gasteiger charge is -2.40. The lowest BCUT2D eigenvalue weighted by Crippen LogP contribution is -2.51. The number of carboxylic acids is 1. The van der Waals surface area contributed by atoms with E-state index in [4.69, 9.17) is 5.11 Å². The highest BCUT2D eigenvalue weighted by atomic mass is 32.2. The molecule has 18 heavy (non-hydrogen) atoms. The third-order valence-corrected chi connectivity index (χ3v) is 4.87. The normalized spacial score (nSPS) is 18.6. The molecule has 0 bridgehead atoms. The van der Waals surface area contributed by atoms with Crippen molar-refractivity contribution in [2.45, 2.75) is 49.8 Å². The highest BCUT2D eigenvalue weighted by Crippen LogP contribution is 2.42. The molecular formula is C12H22N2O3S. The third kappa shape index (κ3) is 4.08. The van der Waals surface area contributed by atoms with Crippen LogP contribution in [-0.4, -0.2) is 40.7 Å². The molecule has 0 radical (unpaired) electrons. The minimum atomic E-state index is -0.977. The summed E-state index contributed by atoms with van der Waals surface area (Å²) < 4.78 is 0.167. The van der Waals surface area contributed by atoms with E-state index in [9.17, 15) is 9.59 Å². The molecule has 0 aromatic rings. The molecule has 0 aliphatic heterocycles. The average molecular weight is 274 g/mol. The molecular weight excluding hydrogens is 252 g/mol. The Morgan fingerprint density at radius 1 is 1.44 bits per heavy atom. The summed E-state index contributed by atoms with van der Waals surface area (Å²) in [5.41, 5.74) is 0. The van der Waals surface area contributed by atoms with Crippen molar-refractivity contribution in [3.05, 3.63) is 0 Å². The largest absolute Gasteiger partial charge is 0.480 e. The summed E-state index contributed by atoms with van der Waals surface area (Å²) >= 11 is 1.78. The van der Waals surface area contributed by atoms with E-state index in [1.54, 1.807) is 11.8 Å². The van der Waals surface area contributed by atoms with E-state index >= 15 is 0 Å². The Morgan fingerprint density at radius 3 is 2.50 bits per heavy atom. The van der Waals surface area contributed by atoms with Crippen molar-refractivity contribution in [2.24, 2.45) is 0 Å². The van der Waals surface area contributed by atoms with E-state index in [0.29, 0.717) is 13.0 Å². The van der Waals surface area contributed by atoms with Gasteiger partial charge < -0.3 is 15.7 Å². The zero-order chi connectivity index (χ0) is 13.6. The van der Waals surface area contributed by atoms with Crippen molar-refractivity contribution < 1.29 is 14.7 Å². The lowest BCUT2D eigenvalue weighted by molar-refractivity contribution is -0.139. The Morgan fingerprint density at radius 2 is 2.11 bits per heavy atom. The fourth-order valence-corrected chi connectivity index (χ4v) is 2.93. The number of carbonyl (C=O) groups excluding carboxylic acids is 1. The van der Waals surface area contributed by atoms with Crippen LogP contribution in [0.1, 0.15) is 39.0 Å². The number of hydrogen-bond acceptors (Lipinski definition) is 3. The smallest absolute Gasteiger partial charge is 0.326 e. The van der Waals surface area contributed by atoms with E-state index in [-0.39, 0.29) is 10.8 Å². The molecule has 0 saturated heterocycles. The summed E-state index contributed by atoms with van der Waals surface area (Å²) in [6.45, 7) is 2.51. The van der Waals surface area contributed by atoms with Gasteiger partial charge in [0, 0.05) is 11.3 Å². The number of thioether (sulfide) groups is 1. The highest BCUT2D eigenvalue weighted by molar-refractivity contribution is 8.00. The second-order valence-electron chi connectivity index (χ2n) is 4.75. The molecule has 1 rings (SSSR count). The van der Waals surface area contributed by atoms with Gasteiger partial charge in [0.2, 0.25) is 0 Å². The molecule has 1 aliphatic carbocycles. The Kier molecular flexibility index (Phi) is 5.78. The molecule has 6 heteroatoms. The molecule has 1 saturated carbocycles. The first-order valence-corrected chi connectivity index (χ1v) is 7.58. The zero-order valence-electron chi connectivity index (χ0n) is 11.0. The maximum Gasteiger partial charge on any atom is 0.326 e. The Balaban J connectivity index is 2.33. The minimum absolute atomic E-state index is 0.167. The fourth-order valence-electron chi connectivity index (χ4n) is 2.02. The zero-order valence-corrected chi connectivity index (χ0v) is 11.8. The van der Waals surface area contributed by atoms with Gasteiger partial charge in [0.05, 0.1) is 0 Å². The molecule has 1 fully saturated rings. The topological polar surface area (TPSA) is 78.4 Å². The minimum Gasteiger partial charge on any atom is -0.480 e. The molecule has 0 spiro atoms. The maximum atomic E-state index is 11.6. The van der Waals surface area contributed by atoms with Crippen LogP contribution in [0.25, 0.3) is 0 Å². The first kappa shape index (κ1) is 15.1. The summed E-state index contributed by atoms with van der Waals surface area (Å²) in [6.07, 6.45) is 6.67. The van der Waals surface area contributed by atoms with Gasteiger partial charge >= 0.3 is 12.0 Å². The molecule has 5 nitrogen and oxygen atoms in total. The number of carboxylic acid groups (broad SMARTS) is 1. The van der Waals surface area contributed by atoms with Gasteiger partial charge in [-0.3, -0.25) is 0 Å². The standard InChI is InChI=1S/C12H22N2O3S/c1-3-5-9(10(15)16)14-11(17)13-8-12(18-2)6-4-7-12/h9H,3-8H2,1-2H3,(H,15,16)(H2,13,14,17)/t9-/m0/s1. The van der Waals surface area contributed by atoms with Gasteiger partial charge in [-0.1, -0.05) is 19.8 Å². The van der Waals surface area contributed by atoms with E-state index in [1.165, 1.54) is 6.42 Å². The van der Waals surface area contributed by atoms with E-state index in [2.05, 4.69) is 16.9 Å². The second kappa shape index (κ2) is 6.87. The predicted octanol–water partition coefficient (Wildman–Crippen LogP) is 1.82. The number of urea groups is 1. The van der Waals surface area contributed by atoms with Crippen molar-refractivity contribution in [2.75, 3.05) is 12.8 Å². The van der Waals surface area contributed by atoms with Crippen molar-refractivity contribution in [3.63, 3.8) is 0 Å². The Bertz CT molecular complexity index is 300. The van der Waals surface area contributed by atoms with Gasteiger partial charge in [0.15, 0.2) is 0 Å². The van der Waals surface area contributed by atoms with Gasteiger partial charge in [-0.15, -0.1) is 0 Å². The van der Waals surface area contributed by atoms with Crippen LogP contribution >= 0.6 is 11.8 Å². The summed E-state index contributed by atoms with van der Waals surface area (Å²) in [6, 6.07) is -1.17. The van der Waals surface area contributed by atoms with Crippen LogP contribution in [0.4, 0.5) is 4.79 Å². The summed E-state index contributed by atoms with van der Waals surface area (Å²) in [7, 11) is 0. The third-order valence-electron chi connectivity index (χ3n) is 3.45. The molecule has 0 unspecified atom stereocenters. The molecule has 3 N–H and O–H groups in total. The van der Waals surface area contributed by atoms with Crippen LogP contribution in [-0.2, 0) is 4.79 Å². The summed E-state index contributed by atoms with van der Waals surface area (Å²) in [5, 5.41) is 14.2. The number of aliphatic carboxylic acids is 1. The quantitative estimate of drug-likeness (QED) is 0.662. The molecule has 0 heterocycles. The number of amides is 2. The number of rotatable bonds is 7. The van der Waals surface area contributed by atoms with Gasteiger partial charge in [-0.25, -0.2) is 9.59 Å². The van der Waals surface area contributed by atoms with Crippen LogP contribution in [0, 0.1) is 0 Å². The maximum absolute atomic E-state index is 11.6. The molecule has 1 aliphatic rings. The van der Waals surface area contributed by atoms with Crippen molar-refractivity contribution >= 4 is 23.8 Å². The van der Waals surface area contributed by atoms with Gasteiger partial charge in [-0.05, 0) is 25.5 Å². The van der Waals surface area contributed by atoms with Crippen molar-refractivity contribution in [1.82, 2.24) is 10.6 Å². The summed E-state index contributed by atoms with van der Waals surface area (Å²) in [4.78, 5) is 22.5. The van der Waals surface area contributed by atoms with Crippen LogP contribution in [0.3, 0.4) is 0 Å². The van der Waals surface area contributed by atoms with Gasteiger partial charge in [0.1, 0.15) is 6.04 Å². The fraction of sp³-hybridized carbons (Fsp3) is 0.833. The van der Waals surface area contributed by atoms with E-state index in [1.807, 2.05) is 6.92 Å². The Hall–Kier alpha value is -0.910. The monoisotopic (exact) mass is 274 g/mol. The van der Waals surface area contributed by atoms with Gasteiger partial charge in [-0.2, -0.15) is 11.8 Å². The van der Waals surface area contributed by atoms with E-state index in [0.717, 1.165) is 19.3 Å². The molecule has 0 aromatic carbocycles. The SMILES string of the molecule is CCC[C@H](NC(=O)NCC1(SC)CCC1)C(=O)O. The highest BCUT2D eigenvalue weighted by Gasteiger charge is 2.36. The Labute approximate surface area is 112 Å². The predicted molar refractivity (Wildman–Crippen MR) is 73.0 cm³/mol. The van der Waals surface area contributed by atoms with Gasteiger partial charge in [0.25, 0.3) is 0 Å². The number of hydrogen-bond donors (Lipinski definition) is 3. The molecule has 104 valence electrons. The molecule has 2 amide bonds. The number of nitrogens with one attached hydrogen (secondary N) is 2. The van der Waals surface area contributed by atoms with Crippen molar-refractivity contribution in [3.8, 4) is 0 Å². The molecule has 1 atom stereocenters.